The maximum absolute atomic E-state index is 12.3. The minimum absolute atomic E-state index is 0.133. The first-order valence-electron chi connectivity index (χ1n) is 8.63. The number of aromatic nitrogens is 2. The molecule has 0 bridgehead atoms. The van der Waals surface area contributed by atoms with Crippen molar-refractivity contribution in [3.63, 3.8) is 0 Å². The number of nitrogens with zero attached hydrogens (tertiary/aromatic N) is 2. The Hall–Kier alpha value is -3.75. The number of hydrogen-bond donors (Lipinski definition) is 1. The molecule has 9 nitrogen and oxygen atoms in total. The summed E-state index contributed by atoms with van der Waals surface area (Å²) in [6.45, 7) is 1.62. The fraction of sp³-hybridized carbons (Fsp3) is 0.250. The molecule has 0 aliphatic rings. The van der Waals surface area contributed by atoms with E-state index in [4.69, 9.17) is 29.1 Å². The monoisotopic (exact) mass is 399 g/mol. The number of para-hydroxylation sites is 1. The fourth-order valence-electron chi connectivity index (χ4n) is 2.70. The second-order valence-electron chi connectivity index (χ2n) is 6.03. The number of carbonyl (C=O) groups excluding carboxylic acids is 1. The molecule has 3 rings (SSSR count). The number of methoxy groups -OCH3 is 3. The Bertz CT molecular complexity index is 1010. The average molecular weight is 399 g/mol. The van der Waals surface area contributed by atoms with Crippen LogP contribution in [0.3, 0.4) is 0 Å². The fourth-order valence-corrected chi connectivity index (χ4v) is 2.70. The molecule has 0 saturated carbocycles. The molecule has 0 atom stereocenters. The second kappa shape index (κ2) is 8.51. The van der Waals surface area contributed by atoms with Crippen molar-refractivity contribution >= 4 is 11.7 Å². The Labute approximate surface area is 167 Å². The highest BCUT2D eigenvalue weighted by molar-refractivity contribution is 5.95. The summed E-state index contributed by atoms with van der Waals surface area (Å²) in [5, 5.41) is 7.90. The van der Waals surface area contributed by atoms with Crippen LogP contribution in [0.15, 0.2) is 34.7 Å². The number of anilines is 1. The van der Waals surface area contributed by atoms with Crippen molar-refractivity contribution in [1.82, 2.24) is 10.2 Å². The Morgan fingerprint density at radius 3 is 2.38 bits per heavy atom. The lowest BCUT2D eigenvalue weighted by atomic mass is 10.1. The molecule has 0 aliphatic carbocycles. The van der Waals surface area contributed by atoms with E-state index in [2.05, 4.69) is 10.2 Å². The predicted molar refractivity (Wildman–Crippen MR) is 104 cm³/mol. The van der Waals surface area contributed by atoms with Gasteiger partial charge in [-0.15, -0.1) is 10.2 Å². The summed E-state index contributed by atoms with van der Waals surface area (Å²) in [5.74, 6) is 1.12. The van der Waals surface area contributed by atoms with Gasteiger partial charge < -0.3 is 29.1 Å². The molecule has 1 aromatic heterocycles. The lowest BCUT2D eigenvalue weighted by molar-refractivity contribution is 0.0440. The van der Waals surface area contributed by atoms with Crippen LogP contribution in [-0.4, -0.2) is 37.5 Å². The molecule has 0 radical (unpaired) electrons. The van der Waals surface area contributed by atoms with Crippen LogP contribution in [0, 0.1) is 6.92 Å². The van der Waals surface area contributed by atoms with Crippen LogP contribution in [0.4, 0.5) is 5.69 Å². The van der Waals surface area contributed by atoms with Crippen LogP contribution in [0.2, 0.25) is 0 Å². The first-order chi connectivity index (χ1) is 14.0. The lowest BCUT2D eigenvalue weighted by Crippen LogP contribution is -2.09. The number of nitrogens with two attached hydrogens (primary N) is 1. The van der Waals surface area contributed by atoms with Crippen LogP contribution in [0.5, 0.6) is 17.2 Å². The number of esters is 1. The van der Waals surface area contributed by atoms with Crippen LogP contribution < -0.4 is 19.9 Å². The molecule has 0 unspecified atom stereocenters. The molecular formula is C20H21N3O6. The molecule has 9 heteroatoms. The summed E-state index contributed by atoms with van der Waals surface area (Å²) < 4.78 is 26.8. The molecular weight excluding hydrogens is 378 g/mol. The van der Waals surface area contributed by atoms with Gasteiger partial charge in [0.2, 0.25) is 11.6 Å². The zero-order valence-electron chi connectivity index (χ0n) is 16.5. The van der Waals surface area contributed by atoms with Gasteiger partial charge in [0.05, 0.1) is 26.9 Å². The van der Waals surface area contributed by atoms with Gasteiger partial charge in [-0.3, -0.25) is 0 Å². The molecule has 29 heavy (non-hydrogen) atoms. The number of carbonyl (C=O) groups is 1. The highest BCUT2D eigenvalue weighted by atomic mass is 16.5. The summed E-state index contributed by atoms with van der Waals surface area (Å²) in [5.41, 5.74) is 7.94. The van der Waals surface area contributed by atoms with Gasteiger partial charge in [-0.05, 0) is 30.7 Å². The van der Waals surface area contributed by atoms with E-state index in [1.807, 2.05) is 13.0 Å². The molecule has 152 valence electrons. The van der Waals surface area contributed by atoms with Crippen molar-refractivity contribution in [2.75, 3.05) is 27.1 Å². The van der Waals surface area contributed by atoms with Gasteiger partial charge in [0.25, 0.3) is 5.89 Å². The van der Waals surface area contributed by atoms with Gasteiger partial charge in [0, 0.05) is 11.3 Å². The van der Waals surface area contributed by atoms with E-state index >= 15 is 0 Å². The van der Waals surface area contributed by atoms with Gasteiger partial charge in [-0.25, -0.2) is 4.79 Å². The molecule has 0 spiro atoms. The zero-order valence-corrected chi connectivity index (χ0v) is 16.5. The Balaban J connectivity index is 1.77. The molecule has 1 heterocycles. The highest BCUT2D eigenvalue weighted by Gasteiger charge is 2.19. The van der Waals surface area contributed by atoms with Crippen LogP contribution in [0.1, 0.15) is 21.8 Å². The van der Waals surface area contributed by atoms with E-state index < -0.39 is 5.97 Å². The first kappa shape index (κ1) is 20.0. The van der Waals surface area contributed by atoms with E-state index in [9.17, 15) is 4.79 Å². The highest BCUT2D eigenvalue weighted by Crippen LogP contribution is 2.40. The topological polar surface area (TPSA) is 119 Å². The molecule has 0 saturated heterocycles. The number of ether oxygens (including phenoxy) is 4. The lowest BCUT2D eigenvalue weighted by Gasteiger charge is -2.12. The molecule has 3 aromatic rings. The van der Waals surface area contributed by atoms with Gasteiger partial charge in [0.15, 0.2) is 18.1 Å². The Morgan fingerprint density at radius 2 is 1.76 bits per heavy atom. The minimum atomic E-state index is -0.571. The Morgan fingerprint density at radius 1 is 1.07 bits per heavy atom. The average Bonchev–Trinajstić information content (AvgIpc) is 3.21. The minimum Gasteiger partial charge on any atom is -0.493 e. The predicted octanol–water partition coefficient (Wildman–Crippen LogP) is 3.01. The summed E-state index contributed by atoms with van der Waals surface area (Å²) in [6, 6.07) is 8.50. The number of rotatable bonds is 7. The molecule has 2 N–H and O–H groups in total. The number of benzene rings is 2. The largest absolute Gasteiger partial charge is 0.493 e. The number of aryl methyl sites for hydroxylation is 1. The third-order valence-corrected chi connectivity index (χ3v) is 4.25. The normalized spacial score (nSPS) is 10.5. The van der Waals surface area contributed by atoms with Gasteiger partial charge in [-0.2, -0.15) is 0 Å². The quantitative estimate of drug-likeness (QED) is 0.472. The van der Waals surface area contributed by atoms with Crippen molar-refractivity contribution in [3.05, 3.63) is 47.3 Å². The van der Waals surface area contributed by atoms with Crippen molar-refractivity contribution in [2.24, 2.45) is 0 Å². The van der Waals surface area contributed by atoms with Gasteiger partial charge in [-0.1, -0.05) is 12.1 Å². The number of nitrogen functional groups attached to an aromatic ring is 1. The van der Waals surface area contributed by atoms with Crippen LogP contribution in [-0.2, 0) is 11.3 Å². The third kappa shape index (κ3) is 4.08. The van der Waals surface area contributed by atoms with Crippen LogP contribution >= 0.6 is 0 Å². The summed E-state index contributed by atoms with van der Waals surface area (Å²) >= 11 is 0. The van der Waals surface area contributed by atoms with E-state index in [0.717, 1.165) is 5.56 Å². The summed E-state index contributed by atoms with van der Waals surface area (Å²) in [4.78, 5) is 12.3. The SMILES string of the molecule is COc1cc(-c2nnc(COC(=O)c3cccc(C)c3N)o2)cc(OC)c1OC. The van der Waals surface area contributed by atoms with Crippen molar-refractivity contribution in [1.29, 1.82) is 0 Å². The van der Waals surface area contributed by atoms with E-state index in [1.54, 1.807) is 24.3 Å². The van der Waals surface area contributed by atoms with E-state index in [1.165, 1.54) is 21.3 Å². The van der Waals surface area contributed by atoms with E-state index in [-0.39, 0.29) is 24.0 Å². The molecule has 0 aliphatic heterocycles. The smallest absolute Gasteiger partial charge is 0.340 e. The summed E-state index contributed by atoms with van der Waals surface area (Å²) in [6.07, 6.45) is 0. The van der Waals surface area contributed by atoms with E-state index in [0.29, 0.717) is 28.5 Å². The Kier molecular flexibility index (Phi) is 5.87. The van der Waals surface area contributed by atoms with Crippen molar-refractivity contribution in [3.8, 4) is 28.7 Å². The molecule has 0 fully saturated rings. The first-order valence-corrected chi connectivity index (χ1v) is 8.63. The van der Waals surface area contributed by atoms with Gasteiger partial charge in [0.1, 0.15) is 0 Å². The second-order valence-corrected chi connectivity index (χ2v) is 6.03. The van der Waals surface area contributed by atoms with Crippen molar-refractivity contribution < 1.29 is 28.2 Å². The third-order valence-electron chi connectivity index (χ3n) is 4.25. The standard InChI is InChI=1S/C20H21N3O6/c1-11-6-5-7-13(17(11)21)20(24)28-10-16-22-23-19(29-16)12-8-14(25-2)18(27-4)15(9-12)26-3/h5-9H,10,21H2,1-4H3. The summed E-state index contributed by atoms with van der Waals surface area (Å²) in [7, 11) is 4.54. The maximum atomic E-state index is 12.3. The van der Waals surface area contributed by atoms with Crippen LogP contribution in [0.25, 0.3) is 11.5 Å². The van der Waals surface area contributed by atoms with Crippen molar-refractivity contribution in [2.45, 2.75) is 13.5 Å². The zero-order chi connectivity index (χ0) is 21.0. The molecule has 2 aromatic carbocycles. The van der Waals surface area contributed by atoms with Gasteiger partial charge >= 0.3 is 5.97 Å². The molecule has 0 amide bonds. The number of hydrogen-bond acceptors (Lipinski definition) is 9. The maximum Gasteiger partial charge on any atom is 0.340 e.